The number of methoxy groups -OCH3 is 1. The average molecular weight is 386 g/mol. The van der Waals surface area contributed by atoms with Crippen molar-refractivity contribution in [3.63, 3.8) is 0 Å². The highest BCUT2D eigenvalue weighted by atomic mass is 16.5. The first-order chi connectivity index (χ1) is 13.3. The highest BCUT2D eigenvalue weighted by Gasteiger charge is 2.45. The van der Waals surface area contributed by atoms with Gasteiger partial charge >= 0.3 is 0 Å². The Bertz CT molecular complexity index is 709. The Morgan fingerprint density at radius 2 is 1.96 bits per heavy atom. The summed E-state index contributed by atoms with van der Waals surface area (Å²) >= 11 is 0. The Morgan fingerprint density at radius 3 is 2.61 bits per heavy atom. The zero-order valence-electron chi connectivity index (χ0n) is 18.0. The van der Waals surface area contributed by atoms with Crippen LogP contribution in [0.15, 0.2) is 35.9 Å². The molecule has 0 bridgehead atoms. The van der Waals surface area contributed by atoms with Crippen molar-refractivity contribution in [3.8, 4) is 5.75 Å². The van der Waals surface area contributed by atoms with E-state index in [-0.39, 0.29) is 17.4 Å². The lowest BCUT2D eigenvalue weighted by atomic mass is 9.60. The molecule has 28 heavy (non-hydrogen) atoms. The average Bonchev–Trinajstić information content (AvgIpc) is 2.67. The van der Waals surface area contributed by atoms with Crippen molar-refractivity contribution >= 4 is 5.91 Å². The first-order valence-corrected chi connectivity index (χ1v) is 10.5. The van der Waals surface area contributed by atoms with Gasteiger partial charge in [-0.15, -0.1) is 0 Å². The van der Waals surface area contributed by atoms with Crippen LogP contribution in [0.2, 0.25) is 0 Å². The number of carbonyl (C=O) groups is 1. The minimum absolute atomic E-state index is 0.0356. The monoisotopic (exact) mass is 385 g/mol. The van der Waals surface area contributed by atoms with Crippen LogP contribution in [0.3, 0.4) is 0 Å². The van der Waals surface area contributed by atoms with Gasteiger partial charge in [0.2, 0.25) is 5.91 Å². The summed E-state index contributed by atoms with van der Waals surface area (Å²) in [5, 5.41) is 0. The molecule has 4 heteroatoms. The Morgan fingerprint density at radius 1 is 1.25 bits per heavy atom. The van der Waals surface area contributed by atoms with Crippen LogP contribution < -0.4 is 4.74 Å². The normalized spacial score (nSPS) is 29.6. The van der Waals surface area contributed by atoms with Gasteiger partial charge in [-0.05, 0) is 48.3 Å². The second kappa shape index (κ2) is 8.69. The molecule has 1 saturated carbocycles. The maximum absolute atomic E-state index is 12.5. The van der Waals surface area contributed by atoms with E-state index in [9.17, 15) is 4.79 Å². The smallest absolute Gasteiger partial charge is 0.222 e. The number of carbonyl (C=O) groups excluding carboxylic acids is 1. The molecule has 4 nitrogen and oxygen atoms in total. The molecular weight excluding hydrogens is 350 g/mol. The number of ether oxygens (including phenoxy) is 2. The van der Waals surface area contributed by atoms with Gasteiger partial charge in [-0.25, -0.2) is 0 Å². The predicted molar refractivity (Wildman–Crippen MR) is 112 cm³/mol. The number of allylic oxidation sites excluding steroid dienone is 1. The number of fused-ring (bicyclic) bond motifs is 1. The summed E-state index contributed by atoms with van der Waals surface area (Å²) < 4.78 is 11.7. The minimum atomic E-state index is -0.0356. The van der Waals surface area contributed by atoms with Crippen molar-refractivity contribution in [2.45, 2.75) is 58.7 Å². The number of amides is 1. The molecule has 2 aliphatic rings. The van der Waals surface area contributed by atoms with Gasteiger partial charge < -0.3 is 14.4 Å². The van der Waals surface area contributed by atoms with E-state index in [4.69, 9.17) is 9.47 Å². The molecule has 3 rings (SSSR count). The molecule has 0 saturated heterocycles. The SMILES string of the molecule is COc1ccc(CO[C@@H]2[C@H](C)CC=C3[C@H]2CCC[C@@]3(C)CC(=O)N(C)C)cc1. The summed E-state index contributed by atoms with van der Waals surface area (Å²) in [4.78, 5) is 14.2. The van der Waals surface area contributed by atoms with Gasteiger partial charge in [-0.2, -0.15) is 0 Å². The molecule has 0 aromatic heterocycles. The quantitative estimate of drug-likeness (QED) is 0.658. The molecule has 0 heterocycles. The van der Waals surface area contributed by atoms with Gasteiger partial charge in [0, 0.05) is 26.4 Å². The Hall–Kier alpha value is -1.81. The Kier molecular flexibility index (Phi) is 6.49. The number of hydrogen-bond donors (Lipinski definition) is 0. The summed E-state index contributed by atoms with van der Waals surface area (Å²) in [5.41, 5.74) is 2.60. The van der Waals surface area contributed by atoms with Crippen molar-refractivity contribution in [1.82, 2.24) is 4.90 Å². The Labute approximate surface area is 169 Å². The van der Waals surface area contributed by atoms with Crippen LogP contribution in [-0.4, -0.2) is 38.1 Å². The number of benzene rings is 1. The van der Waals surface area contributed by atoms with Crippen LogP contribution in [-0.2, 0) is 16.1 Å². The van der Waals surface area contributed by atoms with Gasteiger partial charge in [0.25, 0.3) is 0 Å². The summed E-state index contributed by atoms with van der Waals surface area (Å²) in [6, 6.07) is 8.12. The standard InChI is InChI=1S/C24H35NO3/c1-17-8-13-21-20(7-6-14-24(21,2)15-22(26)25(3)4)23(17)28-16-18-9-11-19(27-5)12-10-18/h9-13,17,20,23H,6-8,14-16H2,1-5H3/t17-,20-,23-,24+/m1/s1. The van der Waals surface area contributed by atoms with Crippen LogP contribution in [0.25, 0.3) is 0 Å². The molecule has 1 fully saturated rings. The second-order valence-corrected chi connectivity index (χ2v) is 9.02. The van der Waals surface area contributed by atoms with Crippen molar-refractivity contribution in [2.24, 2.45) is 17.3 Å². The van der Waals surface area contributed by atoms with E-state index in [1.54, 1.807) is 12.0 Å². The number of nitrogens with zero attached hydrogens (tertiary/aromatic N) is 1. The maximum Gasteiger partial charge on any atom is 0.222 e. The third-order valence-electron chi connectivity index (χ3n) is 6.65. The lowest BCUT2D eigenvalue weighted by Gasteiger charge is -2.48. The van der Waals surface area contributed by atoms with E-state index < -0.39 is 0 Å². The van der Waals surface area contributed by atoms with Crippen LogP contribution in [0.4, 0.5) is 0 Å². The van der Waals surface area contributed by atoms with Crippen LogP contribution in [0.1, 0.15) is 51.5 Å². The molecule has 4 atom stereocenters. The molecule has 0 N–H and O–H groups in total. The maximum atomic E-state index is 12.5. The van der Waals surface area contributed by atoms with E-state index >= 15 is 0 Å². The highest BCUT2D eigenvalue weighted by molar-refractivity contribution is 5.76. The predicted octanol–water partition coefficient (Wildman–Crippen LogP) is 4.83. The molecule has 1 aromatic rings. The van der Waals surface area contributed by atoms with Crippen molar-refractivity contribution in [1.29, 1.82) is 0 Å². The van der Waals surface area contributed by atoms with Crippen molar-refractivity contribution < 1.29 is 14.3 Å². The second-order valence-electron chi connectivity index (χ2n) is 9.02. The fourth-order valence-corrected chi connectivity index (χ4v) is 4.92. The number of hydrogen-bond acceptors (Lipinski definition) is 3. The fourth-order valence-electron chi connectivity index (χ4n) is 4.92. The van der Waals surface area contributed by atoms with Gasteiger partial charge in [-0.3, -0.25) is 4.79 Å². The Balaban J connectivity index is 1.73. The topological polar surface area (TPSA) is 38.8 Å². The van der Waals surface area contributed by atoms with Crippen molar-refractivity contribution in [3.05, 3.63) is 41.5 Å². The molecule has 1 aromatic carbocycles. The molecule has 1 amide bonds. The first-order valence-electron chi connectivity index (χ1n) is 10.5. The van der Waals surface area contributed by atoms with Crippen LogP contribution in [0, 0.1) is 17.3 Å². The zero-order chi connectivity index (χ0) is 20.3. The third-order valence-corrected chi connectivity index (χ3v) is 6.65. The molecule has 0 spiro atoms. The van der Waals surface area contributed by atoms with E-state index in [1.165, 1.54) is 11.1 Å². The molecule has 154 valence electrons. The fraction of sp³-hybridized carbons (Fsp3) is 0.625. The molecule has 0 aliphatic heterocycles. The lowest BCUT2D eigenvalue weighted by Crippen LogP contribution is -2.43. The zero-order valence-corrected chi connectivity index (χ0v) is 18.0. The summed E-state index contributed by atoms with van der Waals surface area (Å²) in [6.07, 6.45) is 7.69. The summed E-state index contributed by atoms with van der Waals surface area (Å²) in [6.45, 7) is 5.20. The summed E-state index contributed by atoms with van der Waals surface area (Å²) in [7, 11) is 5.39. The molecule has 0 unspecified atom stereocenters. The molecule has 2 aliphatic carbocycles. The molecular formula is C24H35NO3. The van der Waals surface area contributed by atoms with Gasteiger partial charge in [0.1, 0.15) is 5.75 Å². The van der Waals surface area contributed by atoms with Crippen LogP contribution in [0.5, 0.6) is 5.75 Å². The van der Waals surface area contributed by atoms with E-state index in [2.05, 4.69) is 32.1 Å². The summed E-state index contributed by atoms with van der Waals surface area (Å²) in [5.74, 6) is 2.02. The largest absolute Gasteiger partial charge is 0.497 e. The van der Waals surface area contributed by atoms with Crippen LogP contribution >= 0.6 is 0 Å². The van der Waals surface area contributed by atoms with Gasteiger partial charge in [0.05, 0.1) is 19.8 Å². The highest BCUT2D eigenvalue weighted by Crippen LogP contribution is 2.51. The van der Waals surface area contributed by atoms with E-state index in [1.807, 2.05) is 26.2 Å². The van der Waals surface area contributed by atoms with Crippen molar-refractivity contribution in [2.75, 3.05) is 21.2 Å². The minimum Gasteiger partial charge on any atom is -0.497 e. The van der Waals surface area contributed by atoms with Gasteiger partial charge in [0.15, 0.2) is 0 Å². The van der Waals surface area contributed by atoms with Gasteiger partial charge in [-0.1, -0.05) is 44.1 Å². The first kappa shape index (κ1) is 20.9. The van der Waals surface area contributed by atoms with E-state index in [0.717, 1.165) is 31.4 Å². The number of rotatable bonds is 6. The molecule has 0 radical (unpaired) electrons. The lowest BCUT2D eigenvalue weighted by molar-refractivity contribution is -0.131. The third kappa shape index (κ3) is 4.43. The van der Waals surface area contributed by atoms with E-state index in [0.29, 0.717) is 24.9 Å².